The van der Waals surface area contributed by atoms with Crippen LogP contribution in [-0.4, -0.2) is 24.1 Å². The molecule has 1 heterocycles. The van der Waals surface area contributed by atoms with Gasteiger partial charge in [-0.25, -0.2) is 0 Å². The van der Waals surface area contributed by atoms with Gasteiger partial charge in [-0.05, 0) is 51.0 Å². The van der Waals surface area contributed by atoms with Crippen LogP contribution in [0.1, 0.15) is 69.7 Å². The van der Waals surface area contributed by atoms with Crippen molar-refractivity contribution in [3.05, 3.63) is 29.8 Å². The van der Waals surface area contributed by atoms with Crippen LogP contribution >= 0.6 is 0 Å². The van der Waals surface area contributed by atoms with Crippen molar-refractivity contribution in [2.45, 2.75) is 77.6 Å². The van der Waals surface area contributed by atoms with Gasteiger partial charge in [0.15, 0.2) is 5.78 Å². The maximum absolute atomic E-state index is 11.3. The smallest absolute Gasteiger partial charge is 0.159 e. The van der Waals surface area contributed by atoms with Crippen molar-refractivity contribution in [3.8, 4) is 5.75 Å². The van der Waals surface area contributed by atoms with Gasteiger partial charge in [-0.15, -0.1) is 0 Å². The second-order valence-electron chi connectivity index (χ2n) is 6.25. The Bertz CT molecular complexity index is 466. The van der Waals surface area contributed by atoms with E-state index in [1.807, 2.05) is 24.3 Å². The maximum Gasteiger partial charge on any atom is 0.159 e. The van der Waals surface area contributed by atoms with Crippen molar-refractivity contribution in [1.82, 2.24) is 0 Å². The second-order valence-corrected chi connectivity index (χ2v) is 6.25. The van der Waals surface area contributed by atoms with Gasteiger partial charge in [0.25, 0.3) is 0 Å². The van der Waals surface area contributed by atoms with Crippen LogP contribution in [0.3, 0.4) is 0 Å². The molecule has 0 N–H and O–H groups in total. The fourth-order valence-corrected chi connectivity index (χ4v) is 2.77. The van der Waals surface area contributed by atoms with Gasteiger partial charge in [-0.2, -0.15) is 0 Å². The fourth-order valence-electron chi connectivity index (χ4n) is 2.77. The zero-order valence-corrected chi connectivity index (χ0v) is 14.0. The average molecular weight is 304 g/mol. The first-order chi connectivity index (χ1) is 10.6. The Labute approximate surface area is 134 Å². The van der Waals surface area contributed by atoms with Crippen molar-refractivity contribution in [3.63, 3.8) is 0 Å². The summed E-state index contributed by atoms with van der Waals surface area (Å²) in [5, 5.41) is 0. The number of ketones is 1. The van der Waals surface area contributed by atoms with Gasteiger partial charge < -0.3 is 9.47 Å². The van der Waals surface area contributed by atoms with Crippen LogP contribution in [0, 0.1) is 0 Å². The summed E-state index contributed by atoms with van der Waals surface area (Å²) in [4.78, 5) is 11.3. The SMILES string of the molecule is CCCCCCCC(Oc1ccc(C(C)=O)cc1)C1OC1C. The zero-order chi connectivity index (χ0) is 15.9. The number of epoxide rings is 1. The molecule has 1 fully saturated rings. The van der Waals surface area contributed by atoms with Crippen molar-refractivity contribution in [2.24, 2.45) is 0 Å². The molecule has 22 heavy (non-hydrogen) atoms. The van der Waals surface area contributed by atoms with E-state index in [1.165, 1.54) is 32.1 Å². The molecule has 0 radical (unpaired) electrons. The summed E-state index contributed by atoms with van der Waals surface area (Å²) in [7, 11) is 0. The highest BCUT2D eigenvalue weighted by Crippen LogP contribution is 2.31. The number of rotatable bonds is 10. The molecule has 0 aliphatic carbocycles. The van der Waals surface area contributed by atoms with Crippen LogP contribution in [0.25, 0.3) is 0 Å². The lowest BCUT2D eigenvalue weighted by Gasteiger charge is -2.17. The highest BCUT2D eigenvalue weighted by Gasteiger charge is 2.42. The maximum atomic E-state index is 11.3. The standard InChI is InChI=1S/C19H28O3/c1-4-5-6-7-8-9-18(19-15(3)21-19)22-17-12-10-16(11-13-17)14(2)20/h10-13,15,18-19H,4-9H2,1-3H3. The summed E-state index contributed by atoms with van der Waals surface area (Å²) in [6, 6.07) is 7.42. The molecule has 122 valence electrons. The Morgan fingerprint density at radius 3 is 2.36 bits per heavy atom. The van der Waals surface area contributed by atoms with Crippen LogP contribution < -0.4 is 4.74 Å². The average Bonchev–Trinajstić information content (AvgIpc) is 3.23. The topological polar surface area (TPSA) is 38.8 Å². The van der Waals surface area contributed by atoms with Gasteiger partial charge in [0.05, 0.1) is 6.10 Å². The molecule has 0 bridgehead atoms. The summed E-state index contributed by atoms with van der Waals surface area (Å²) in [6.45, 7) is 5.90. The van der Waals surface area contributed by atoms with Gasteiger partial charge in [0.2, 0.25) is 0 Å². The molecule has 1 aromatic carbocycles. The van der Waals surface area contributed by atoms with E-state index in [9.17, 15) is 4.79 Å². The van der Waals surface area contributed by atoms with E-state index in [4.69, 9.17) is 9.47 Å². The van der Waals surface area contributed by atoms with Gasteiger partial charge in [0, 0.05) is 5.56 Å². The van der Waals surface area contributed by atoms with Gasteiger partial charge >= 0.3 is 0 Å². The Hall–Kier alpha value is -1.35. The number of hydrogen-bond donors (Lipinski definition) is 0. The number of hydrogen-bond acceptors (Lipinski definition) is 3. The van der Waals surface area contributed by atoms with Crippen molar-refractivity contribution in [2.75, 3.05) is 0 Å². The predicted octanol–water partition coefficient (Wildman–Crippen LogP) is 4.78. The minimum Gasteiger partial charge on any atom is -0.488 e. The van der Waals surface area contributed by atoms with Crippen LogP contribution in [-0.2, 0) is 4.74 Å². The quantitative estimate of drug-likeness (QED) is 0.354. The van der Waals surface area contributed by atoms with E-state index in [1.54, 1.807) is 6.92 Å². The number of unbranched alkanes of at least 4 members (excludes halogenated alkanes) is 4. The van der Waals surface area contributed by atoms with Crippen molar-refractivity contribution >= 4 is 5.78 Å². The third kappa shape index (κ3) is 5.13. The first kappa shape index (κ1) is 17.0. The second kappa shape index (κ2) is 8.33. The minimum atomic E-state index is 0.0816. The molecule has 1 aliphatic heterocycles. The summed E-state index contributed by atoms with van der Waals surface area (Å²) in [5.41, 5.74) is 0.722. The van der Waals surface area contributed by atoms with E-state index < -0.39 is 0 Å². The lowest BCUT2D eigenvalue weighted by Crippen LogP contribution is -2.24. The molecule has 1 saturated heterocycles. The molecule has 3 nitrogen and oxygen atoms in total. The van der Waals surface area contributed by atoms with Gasteiger partial charge in [0.1, 0.15) is 18.0 Å². The van der Waals surface area contributed by atoms with E-state index in [0.717, 1.165) is 17.7 Å². The first-order valence-electron chi connectivity index (χ1n) is 8.55. The zero-order valence-electron chi connectivity index (χ0n) is 14.0. The molecule has 0 aromatic heterocycles. The molecule has 1 aromatic rings. The Morgan fingerprint density at radius 1 is 1.18 bits per heavy atom. The fraction of sp³-hybridized carbons (Fsp3) is 0.632. The monoisotopic (exact) mass is 304 g/mol. The molecule has 3 atom stereocenters. The molecule has 1 aliphatic rings. The van der Waals surface area contributed by atoms with E-state index >= 15 is 0 Å². The highest BCUT2D eigenvalue weighted by molar-refractivity contribution is 5.94. The molecule has 3 unspecified atom stereocenters. The van der Waals surface area contributed by atoms with Crippen LogP contribution in [0.15, 0.2) is 24.3 Å². The van der Waals surface area contributed by atoms with Crippen LogP contribution in [0.5, 0.6) is 5.75 Å². The lowest BCUT2D eigenvalue weighted by molar-refractivity contribution is 0.101. The number of carbonyl (C=O) groups excluding carboxylic acids is 1. The summed E-state index contributed by atoms with van der Waals surface area (Å²) in [5.74, 6) is 0.907. The molecule has 0 saturated carbocycles. The number of ether oxygens (including phenoxy) is 2. The van der Waals surface area contributed by atoms with Crippen molar-refractivity contribution in [1.29, 1.82) is 0 Å². The molecular weight excluding hydrogens is 276 g/mol. The third-order valence-corrected chi connectivity index (χ3v) is 4.26. The van der Waals surface area contributed by atoms with Gasteiger partial charge in [-0.1, -0.05) is 32.6 Å². The van der Waals surface area contributed by atoms with E-state index in [2.05, 4.69) is 13.8 Å². The normalized spacial score (nSPS) is 21.4. The molecule has 0 amide bonds. The minimum absolute atomic E-state index is 0.0816. The summed E-state index contributed by atoms with van der Waals surface area (Å²) in [6.07, 6.45) is 8.01. The number of benzene rings is 1. The van der Waals surface area contributed by atoms with Crippen molar-refractivity contribution < 1.29 is 14.3 Å². The Balaban J connectivity index is 1.85. The van der Waals surface area contributed by atoms with Crippen LogP contribution in [0.4, 0.5) is 0 Å². The number of carbonyl (C=O) groups is 1. The molecular formula is C19H28O3. The summed E-state index contributed by atoms with van der Waals surface area (Å²) >= 11 is 0. The predicted molar refractivity (Wildman–Crippen MR) is 88.6 cm³/mol. The Morgan fingerprint density at radius 2 is 1.82 bits per heavy atom. The van der Waals surface area contributed by atoms with E-state index in [-0.39, 0.29) is 18.0 Å². The van der Waals surface area contributed by atoms with E-state index in [0.29, 0.717) is 6.10 Å². The Kier molecular flexibility index (Phi) is 6.44. The first-order valence-corrected chi connectivity index (χ1v) is 8.55. The summed E-state index contributed by atoms with van der Waals surface area (Å²) < 4.78 is 11.7. The van der Waals surface area contributed by atoms with Gasteiger partial charge in [-0.3, -0.25) is 4.79 Å². The highest BCUT2D eigenvalue weighted by atomic mass is 16.6. The lowest BCUT2D eigenvalue weighted by atomic mass is 10.0. The largest absolute Gasteiger partial charge is 0.488 e. The molecule has 2 rings (SSSR count). The molecule has 0 spiro atoms. The third-order valence-electron chi connectivity index (χ3n) is 4.26. The van der Waals surface area contributed by atoms with Crippen LogP contribution in [0.2, 0.25) is 0 Å². The number of Topliss-reactive ketones (excluding diaryl/α,β-unsaturated/α-hetero) is 1. The molecule has 3 heteroatoms.